The molecule has 0 saturated carbocycles. The first-order valence-electron chi connectivity index (χ1n) is 6.98. The van der Waals surface area contributed by atoms with Gasteiger partial charge in [-0.3, -0.25) is 18.9 Å². The quantitative estimate of drug-likeness (QED) is 0.732. The molecule has 0 amide bonds. The third-order valence-corrected chi connectivity index (χ3v) is 5.88. The van der Waals surface area contributed by atoms with E-state index in [-0.39, 0.29) is 21.5 Å². The maximum Gasteiger partial charge on any atom is 0.264 e. The predicted octanol–water partition coefficient (Wildman–Crippen LogP) is 2.37. The van der Waals surface area contributed by atoms with Gasteiger partial charge in [-0.1, -0.05) is 23.9 Å². The Bertz CT molecular complexity index is 834. The molecule has 0 bridgehead atoms. The highest BCUT2D eigenvalue weighted by molar-refractivity contribution is 8.14. The summed E-state index contributed by atoms with van der Waals surface area (Å²) < 4.78 is 26.4. The van der Waals surface area contributed by atoms with E-state index in [1.807, 2.05) is 0 Å². The van der Waals surface area contributed by atoms with Crippen LogP contribution in [0.1, 0.15) is 17.3 Å². The van der Waals surface area contributed by atoms with Gasteiger partial charge in [0.1, 0.15) is 0 Å². The maximum absolute atomic E-state index is 12.6. The summed E-state index contributed by atoms with van der Waals surface area (Å²) in [4.78, 5) is 26.8. The van der Waals surface area contributed by atoms with Crippen LogP contribution in [-0.2, 0) is 14.8 Å². The molecule has 0 aliphatic rings. The summed E-state index contributed by atoms with van der Waals surface area (Å²) in [5, 5.41) is -0.137. The summed E-state index contributed by atoms with van der Waals surface area (Å²) >= 11 is 0.925. The molecule has 0 N–H and O–H groups in total. The van der Waals surface area contributed by atoms with Crippen LogP contribution in [0.5, 0.6) is 0 Å². The van der Waals surface area contributed by atoms with Crippen molar-refractivity contribution >= 4 is 38.4 Å². The van der Waals surface area contributed by atoms with Gasteiger partial charge >= 0.3 is 0 Å². The van der Waals surface area contributed by atoms with Crippen LogP contribution in [0, 0.1) is 0 Å². The van der Waals surface area contributed by atoms with Crippen LogP contribution in [0.4, 0.5) is 5.69 Å². The topological polar surface area (TPSA) is 84.4 Å². The zero-order valence-electron chi connectivity index (χ0n) is 13.2. The van der Waals surface area contributed by atoms with E-state index in [1.165, 1.54) is 50.6 Å². The van der Waals surface area contributed by atoms with Crippen molar-refractivity contribution in [2.24, 2.45) is 0 Å². The minimum Gasteiger partial charge on any atom is -0.293 e. The lowest BCUT2D eigenvalue weighted by Gasteiger charge is -2.19. The molecule has 0 atom stereocenters. The van der Waals surface area contributed by atoms with Crippen LogP contribution in [0.2, 0.25) is 0 Å². The largest absolute Gasteiger partial charge is 0.293 e. The van der Waals surface area contributed by atoms with Crippen molar-refractivity contribution in [1.29, 1.82) is 0 Å². The van der Waals surface area contributed by atoms with Gasteiger partial charge in [-0.2, -0.15) is 0 Å². The molecular formula is C16H16N2O4S2. The molecule has 0 saturated heterocycles. The SMILES string of the molecule is CC(=O)SCC(=O)c1ccc(S(=O)(=O)N(C)c2ccncc2)cc1. The lowest BCUT2D eigenvalue weighted by atomic mass is 10.1. The number of ketones is 1. The first-order valence-corrected chi connectivity index (χ1v) is 9.40. The van der Waals surface area contributed by atoms with E-state index in [2.05, 4.69) is 4.98 Å². The molecule has 24 heavy (non-hydrogen) atoms. The lowest BCUT2D eigenvalue weighted by Crippen LogP contribution is -2.26. The predicted molar refractivity (Wildman–Crippen MR) is 93.7 cm³/mol. The van der Waals surface area contributed by atoms with E-state index < -0.39 is 10.0 Å². The zero-order chi connectivity index (χ0) is 17.7. The first-order chi connectivity index (χ1) is 11.3. The number of sulfonamides is 1. The maximum atomic E-state index is 12.6. The molecule has 126 valence electrons. The second-order valence-corrected chi connectivity index (χ2v) is 8.03. The Morgan fingerprint density at radius 2 is 1.67 bits per heavy atom. The van der Waals surface area contributed by atoms with Gasteiger partial charge in [-0.05, 0) is 24.3 Å². The van der Waals surface area contributed by atoms with Gasteiger partial charge in [0.25, 0.3) is 10.0 Å². The Labute approximate surface area is 144 Å². The number of hydrogen-bond donors (Lipinski definition) is 0. The Morgan fingerprint density at radius 1 is 1.08 bits per heavy atom. The van der Waals surface area contributed by atoms with Crippen molar-refractivity contribution in [1.82, 2.24) is 4.98 Å². The molecule has 6 nitrogen and oxygen atoms in total. The van der Waals surface area contributed by atoms with Crippen LogP contribution < -0.4 is 4.31 Å². The highest BCUT2D eigenvalue weighted by atomic mass is 32.2. The van der Waals surface area contributed by atoms with Crippen LogP contribution in [0.3, 0.4) is 0 Å². The summed E-state index contributed by atoms with van der Waals surface area (Å²) in [5.41, 5.74) is 0.859. The molecule has 1 aromatic carbocycles. The molecule has 8 heteroatoms. The number of aromatic nitrogens is 1. The molecule has 0 aliphatic carbocycles. The molecule has 1 aromatic heterocycles. The van der Waals surface area contributed by atoms with Gasteiger partial charge in [0.2, 0.25) is 0 Å². The summed E-state index contributed by atoms with van der Waals surface area (Å²) in [7, 11) is -2.27. The van der Waals surface area contributed by atoms with Crippen LogP contribution in [0.25, 0.3) is 0 Å². The smallest absolute Gasteiger partial charge is 0.264 e. The number of pyridine rings is 1. The van der Waals surface area contributed by atoms with Crippen molar-refractivity contribution in [3.63, 3.8) is 0 Å². The third-order valence-electron chi connectivity index (χ3n) is 3.27. The summed E-state index contributed by atoms with van der Waals surface area (Å²) in [5.74, 6) is -0.181. The van der Waals surface area contributed by atoms with Gasteiger partial charge in [-0.15, -0.1) is 0 Å². The van der Waals surface area contributed by atoms with E-state index in [0.29, 0.717) is 11.3 Å². The van der Waals surface area contributed by atoms with E-state index in [0.717, 1.165) is 16.1 Å². The summed E-state index contributed by atoms with van der Waals surface area (Å²) in [6.45, 7) is 1.39. The number of carbonyl (C=O) groups is 2. The van der Waals surface area contributed by atoms with Gasteiger partial charge in [0, 0.05) is 31.9 Å². The van der Waals surface area contributed by atoms with Crippen molar-refractivity contribution < 1.29 is 18.0 Å². The van der Waals surface area contributed by atoms with Crippen molar-refractivity contribution in [2.75, 3.05) is 17.1 Å². The second-order valence-electron chi connectivity index (χ2n) is 4.91. The fraction of sp³-hybridized carbons (Fsp3) is 0.188. The number of nitrogens with zero attached hydrogens (tertiary/aromatic N) is 2. The average Bonchev–Trinajstić information content (AvgIpc) is 2.59. The first kappa shape index (κ1) is 18.2. The molecule has 2 aromatic rings. The monoisotopic (exact) mass is 364 g/mol. The Hall–Kier alpha value is -2.19. The molecule has 0 spiro atoms. The van der Waals surface area contributed by atoms with Crippen molar-refractivity contribution in [2.45, 2.75) is 11.8 Å². The van der Waals surface area contributed by atoms with Gasteiger partial charge in [-0.25, -0.2) is 8.42 Å². The molecule has 0 aliphatic heterocycles. The number of anilines is 1. The third kappa shape index (κ3) is 4.21. The number of benzene rings is 1. The summed E-state index contributed by atoms with van der Waals surface area (Å²) in [6.07, 6.45) is 3.02. The van der Waals surface area contributed by atoms with Crippen LogP contribution in [0.15, 0.2) is 53.7 Å². The summed E-state index contributed by atoms with van der Waals surface area (Å²) in [6, 6.07) is 8.87. The molecule has 1 heterocycles. The van der Waals surface area contributed by atoms with E-state index in [4.69, 9.17) is 0 Å². The van der Waals surface area contributed by atoms with E-state index in [1.54, 1.807) is 12.1 Å². The second kappa shape index (κ2) is 7.59. The Balaban J connectivity index is 2.20. The molecule has 0 radical (unpaired) electrons. The highest BCUT2D eigenvalue weighted by Gasteiger charge is 2.21. The Kier molecular flexibility index (Phi) is 5.74. The highest BCUT2D eigenvalue weighted by Crippen LogP contribution is 2.21. The van der Waals surface area contributed by atoms with Gasteiger partial charge < -0.3 is 0 Å². The fourth-order valence-electron chi connectivity index (χ4n) is 1.91. The molecule has 2 rings (SSSR count). The number of carbonyl (C=O) groups excluding carboxylic acids is 2. The van der Waals surface area contributed by atoms with E-state index >= 15 is 0 Å². The standard InChI is InChI=1S/C16H16N2O4S2/c1-12(19)23-11-16(20)13-3-5-15(6-4-13)24(21,22)18(2)14-7-9-17-10-8-14/h3-10H,11H2,1-2H3. The number of thioether (sulfide) groups is 1. The zero-order valence-corrected chi connectivity index (χ0v) is 14.8. The van der Waals surface area contributed by atoms with Gasteiger partial charge in [0.15, 0.2) is 10.9 Å². The van der Waals surface area contributed by atoms with Gasteiger partial charge in [0.05, 0.1) is 16.3 Å². The van der Waals surface area contributed by atoms with Crippen molar-refractivity contribution in [3.8, 4) is 0 Å². The Morgan fingerprint density at radius 3 is 2.21 bits per heavy atom. The molecule has 0 unspecified atom stereocenters. The lowest BCUT2D eigenvalue weighted by molar-refractivity contribution is -0.109. The fourth-order valence-corrected chi connectivity index (χ4v) is 3.61. The average molecular weight is 364 g/mol. The minimum absolute atomic E-state index is 0.0400. The van der Waals surface area contributed by atoms with Crippen LogP contribution >= 0.6 is 11.8 Å². The van der Waals surface area contributed by atoms with Crippen LogP contribution in [-0.4, -0.2) is 37.1 Å². The van der Waals surface area contributed by atoms with Crippen molar-refractivity contribution in [3.05, 3.63) is 54.4 Å². The van der Waals surface area contributed by atoms with E-state index in [9.17, 15) is 18.0 Å². The number of hydrogen-bond acceptors (Lipinski definition) is 6. The molecule has 0 fully saturated rings. The number of rotatable bonds is 6. The molecular weight excluding hydrogens is 348 g/mol. The normalized spacial score (nSPS) is 11.1. The number of Topliss-reactive ketones (excluding diaryl/α,β-unsaturated/α-hetero) is 1. The minimum atomic E-state index is -3.73.